The molecular weight excluding hydrogens is 155 g/mol. The smallest absolute Gasteiger partial charge is 0.118 e. The molecule has 0 unspecified atom stereocenters. The second-order valence-electron chi connectivity index (χ2n) is 1.77. The van der Waals surface area contributed by atoms with Crippen molar-refractivity contribution in [2.75, 3.05) is 13.2 Å². The van der Waals surface area contributed by atoms with E-state index in [1.165, 1.54) is 18.1 Å². The fourth-order valence-corrected chi connectivity index (χ4v) is 0.612. The lowest BCUT2D eigenvalue weighted by molar-refractivity contribution is 0.318. The van der Waals surface area contributed by atoms with Gasteiger partial charge in [0.2, 0.25) is 0 Å². The van der Waals surface area contributed by atoms with Gasteiger partial charge in [-0.2, -0.15) is 0 Å². The van der Waals surface area contributed by atoms with Gasteiger partial charge < -0.3 is 10.2 Å². The Kier molecular flexibility index (Phi) is 50.0. The Balaban J connectivity index is -0.0000000933. The van der Waals surface area contributed by atoms with E-state index >= 15 is 0 Å². The summed E-state index contributed by atoms with van der Waals surface area (Å²) < 4.78 is 0. The lowest BCUT2D eigenvalue weighted by Crippen LogP contribution is -1.63. The molecule has 0 amide bonds. The Morgan fingerprint density at radius 1 is 1.00 bits per heavy atom. The van der Waals surface area contributed by atoms with E-state index in [9.17, 15) is 0 Å². The SMILES string of the molecule is CCC[CH2][Al].CCO.CCO. The van der Waals surface area contributed by atoms with Crippen molar-refractivity contribution >= 4 is 16.3 Å². The Hall–Kier alpha value is 0.452. The van der Waals surface area contributed by atoms with E-state index in [1.54, 1.807) is 13.8 Å². The van der Waals surface area contributed by atoms with E-state index in [4.69, 9.17) is 10.2 Å². The van der Waals surface area contributed by atoms with E-state index in [-0.39, 0.29) is 13.2 Å². The van der Waals surface area contributed by atoms with Crippen molar-refractivity contribution in [3.8, 4) is 0 Å². The van der Waals surface area contributed by atoms with Gasteiger partial charge in [0, 0.05) is 13.2 Å². The lowest BCUT2D eigenvalue weighted by Gasteiger charge is -1.79. The highest BCUT2D eigenvalue weighted by molar-refractivity contribution is 6.08. The van der Waals surface area contributed by atoms with Crippen LogP contribution in [0.2, 0.25) is 5.28 Å². The predicted octanol–water partition coefficient (Wildman–Crippen LogP) is 1.37. The van der Waals surface area contributed by atoms with Crippen LogP contribution in [0.1, 0.15) is 33.6 Å². The molecule has 0 saturated heterocycles. The quantitative estimate of drug-likeness (QED) is 0.624. The molecule has 0 aliphatic rings. The molecule has 68 valence electrons. The van der Waals surface area contributed by atoms with Crippen molar-refractivity contribution in [1.29, 1.82) is 0 Å². The maximum Gasteiger partial charge on any atom is 0.118 e. The molecule has 11 heavy (non-hydrogen) atoms. The molecule has 0 aliphatic carbocycles. The van der Waals surface area contributed by atoms with Crippen LogP contribution in [0.3, 0.4) is 0 Å². The molecule has 2 nitrogen and oxygen atoms in total. The van der Waals surface area contributed by atoms with Crippen molar-refractivity contribution in [3.63, 3.8) is 0 Å². The topological polar surface area (TPSA) is 40.5 Å². The van der Waals surface area contributed by atoms with Crippen molar-refractivity contribution in [3.05, 3.63) is 0 Å². The van der Waals surface area contributed by atoms with Gasteiger partial charge in [0.1, 0.15) is 16.3 Å². The number of aliphatic hydroxyl groups is 2. The van der Waals surface area contributed by atoms with Crippen LogP contribution in [-0.2, 0) is 0 Å². The number of hydrogen-bond donors (Lipinski definition) is 2. The van der Waals surface area contributed by atoms with Crippen LogP contribution in [0, 0.1) is 0 Å². The minimum absolute atomic E-state index is 0.250. The first-order valence-electron chi connectivity index (χ1n) is 4.16. The number of unbranched alkanes of at least 4 members (excludes halogenated alkanes) is 1. The number of aliphatic hydroxyl groups excluding tert-OH is 2. The van der Waals surface area contributed by atoms with Crippen LogP contribution in [0.15, 0.2) is 0 Å². The zero-order chi connectivity index (χ0) is 9.54. The summed E-state index contributed by atoms with van der Waals surface area (Å²) in [6.45, 7) is 6.06. The minimum atomic E-state index is 0.250. The number of rotatable bonds is 2. The second kappa shape index (κ2) is 31.4. The van der Waals surface area contributed by atoms with Gasteiger partial charge in [-0.3, -0.25) is 0 Å². The molecular formula is C8H21AlO2. The van der Waals surface area contributed by atoms with E-state index in [2.05, 4.69) is 23.2 Å². The summed E-state index contributed by atoms with van der Waals surface area (Å²) >= 11 is 2.70. The minimum Gasteiger partial charge on any atom is -0.397 e. The summed E-state index contributed by atoms with van der Waals surface area (Å²) in [6, 6.07) is 0. The third-order valence-electron chi connectivity index (χ3n) is 0.558. The van der Waals surface area contributed by atoms with Gasteiger partial charge >= 0.3 is 0 Å². The average Bonchev–Trinajstić information content (AvgIpc) is 1.92. The Bertz CT molecular complexity index is 31.3. The monoisotopic (exact) mass is 176 g/mol. The van der Waals surface area contributed by atoms with Crippen LogP contribution < -0.4 is 0 Å². The third-order valence-corrected chi connectivity index (χ3v) is 0.966. The molecule has 2 N–H and O–H groups in total. The summed E-state index contributed by atoms with van der Waals surface area (Å²) in [5.74, 6) is 0. The van der Waals surface area contributed by atoms with Gasteiger partial charge in [-0.25, -0.2) is 0 Å². The first-order valence-corrected chi connectivity index (χ1v) is 4.98. The van der Waals surface area contributed by atoms with Crippen molar-refractivity contribution in [1.82, 2.24) is 0 Å². The van der Waals surface area contributed by atoms with Crippen molar-refractivity contribution < 1.29 is 10.2 Å². The summed E-state index contributed by atoms with van der Waals surface area (Å²) in [7, 11) is 0. The molecule has 2 radical (unpaired) electrons. The fourth-order valence-electron chi connectivity index (χ4n) is 0.204. The lowest BCUT2D eigenvalue weighted by atomic mass is 10.4. The van der Waals surface area contributed by atoms with Crippen LogP contribution in [0.4, 0.5) is 0 Å². The van der Waals surface area contributed by atoms with Gasteiger partial charge in [-0.05, 0) is 13.8 Å². The fraction of sp³-hybridized carbons (Fsp3) is 1.00. The molecule has 0 aromatic rings. The molecule has 0 spiro atoms. The van der Waals surface area contributed by atoms with Crippen LogP contribution >= 0.6 is 0 Å². The maximum atomic E-state index is 7.57. The van der Waals surface area contributed by atoms with E-state index in [1.807, 2.05) is 0 Å². The standard InChI is InChI=1S/C4H9.2C2H6O.Al/c1-3-4-2;2*1-2-3;/h1,3-4H2,2H3;2*3H,2H2,1H3;. The predicted molar refractivity (Wildman–Crippen MR) is 51.0 cm³/mol. The summed E-state index contributed by atoms with van der Waals surface area (Å²) in [5, 5.41) is 16.4. The van der Waals surface area contributed by atoms with E-state index in [0.717, 1.165) is 0 Å². The highest BCUT2D eigenvalue weighted by Crippen LogP contribution is 1.86. The first-order chi connectivity index (χ1) is 5.24. The van der Waals surface area contributed by atoms with Gasteiger partial charge in [0.15, 0.2) is 0 Å². The van der Waals surface area contributed by atoms with Crippen LogP contribution in [0.5, 0.6) is 0 Å². The van der Waals surface area contributed by atoms with Gasteiger partial charge in [-0.1, -0.05) is 19.8 Å². The molecule has 0 fully saturated rings. The molecule has 0 aliphatic heterocycles. The zero-order valence-electron chi connectivity index (χ0n) is 8.01. The molecule has 0 atom stereocenters. The Morgan fingerprint density at radius 2 is 1.27 bits per heavy atom. The Labute approximate surface area is 79.1 Å². The largest absolute Gasteiger partial charge is 0.397 e. The normalized spacial score (nSPS) is 7.00. The van der Waals surface area contributed by atoms with E-state index in [0.29, 0.717) is 0 Å². The summed E-state index contributed by atoms with van der Waals surface area (Å²) in [6.07, 6.45) is 2.67. The molecule has 0 aromatic heterocycles. The van der Waals surface area contributed by atoms with E-state index < -0.39 is 0 Å². The van der Waals surface area contributed by atoms with Crippen molar-refractivity contribution in [2.45, 2.75) is 38.9 Å². The van der Waals surface area contributed by atoms with Gasteiger partial charge in [0.25, 0.3) is 0 Å². The highest BCUT2D eigenvalue weighted by Gasteiger charge is 1.67. The second-order valence-corrected chi connectivity index (χ2v) is 2.35. The van der Waals surface area contributed by atoms with Gasteiger partial charge in [-0.15, -0.1) is 5.28 Å². The third kappa shape index (κ3) is 124. The molecule has 0 saturated carbocycles. The summed E-state index contributed by atoms with van der Waals surface area (Å²) in [5.41, 5.74) is 0. The molecule has 0 aromatic carbocycles. The maximum absolute atomic E-state index is 7.57. The highest BCUT2D eigenvalue weighted by atomic mass is 27.0. The first kappa shape index (κ1) is 17.5. The number of hydrogen-bond acceptors (Lipinski definition) is 2. The van der Waals surface area contributed by atoms with Crippen molar-refractivity contribution in [2.24, 2.45) is 0 Å². The zero-order valence-corrected chi connectivity index (χ0v) is 9.16. The van der Waals surface area contributed by atoms with Gasteiger partial charge in [0.05, 0.1) is 0 Å². The Morgan fingerprint density at radius 3 is 1.27 bits per heavy atom. The average molecular weight is 176 g/mol. The molecule has 0 rings (SSSR count). The molecule has 0 bridgehead atoms. The van der Waals surface area contributed by atoms with Crippen LogP contribution in [0.25, 0.3) is 0 Å². The summed E-state index contributed by atoms with van der Waals surface area (Å²) in [4.78, 5) is 0. The molecule has 3 heteroatoms. The van der Waals surface area contributed by atoms with Crippen LogP contribution in [-0.4, -0.2) is 39.7 Å². The molecule has 0 heterocycles.